The van der Waals surface area contributed by atoms with Crippen molar-refractivity contribution in [3.63, 3.8) is 0 Å². The maximum atomic E-state index is 13.1. The zero-order chi connectivity index (χ0) is 50.7. The van der Waals surface area contributed by atoms with Gasteiger partial charge in [-0.25, -0.2) is 8.42 Å². The number of carbonyl (C=O) groups excluding carboxylic acids is 2. The summed E-state index contributed by atoms with van der Waals surface area (Å²) >= 11 is 0. The summed E-state index contributed by atoms with van der Waals surface area (Å²) in [5, 5.41) is -7.11. The van der Waals surface area contributed by atoms with Gasteiger partial charge in [-0.15, -0.1) is 0 Å². The van der Waals surface area contributed by atoms with E-state index in [0.29, 0.717) is 12.8 Å². The standard InChI is InChI=1S/C46H55O6S.C4HF9O3S/c1-30-39(49-28-51-43(47)26-45-20-32-14-33(21-45)16-34(15-32)22-45)10-6-12-41(30)53(38-8-4-3-5-9-38)42-13-7-11-40(31(42)2)50-29-52-44(48)27-46-23-35-17-36(24-46)19-37(18-35)25-46;5-1(6,3(9,10)11)2(7,8)4(12,13)17(14,15)16/h3-13,32-37H,14-29H2,1-2H3;(H,14,15,16)/q+1;/p-1. The van der Waals surface area contributed by atoms with E-state index in [1.54, 1.807) is 0 Å². The summed E-state index contributed by atoms with van der Waals surface area (Å²) in [6, 6.07) is 22.8. The molecule has 8 bridgehead atoms. The van der Waals surface area contributed by atoms with Crippen LogP contribution >= 0.6 is 0 Å². The van der Waals surface area contributed by atoms with Gasteiger partial charge in [-0.05, 0) is 174 Å². The first-order valence-electron chi connectivity index (χ1n) is 23.4. The van der Waals surface area contributed by atoms with Crippen LogP contribution < -0.4 is 9.47 Å². The Morgan fingerprint density at radius 3 is 1.26 bits per heavy atom. The average molecular weight is 1040 g/mol. The van der Waals surface area contributed by atoms with Crippen molar-refractivity contribution in [1.29, 1.82) is 0 Å². The number of hydrogen-bond acceptors (Lipinski definition) is 9. The van der Waals surface area contributed by atoms with Gasteiger partial charge in [-0.1, -0.05) is 30.3 Å². The van der Waals surface area contributed by atoms with Crippen molar-refractivity contribution in [3.05, 3.63) is 77.9 Å². The molecule has 11 rings (SSSR count). The second-order valence-electron chi connectivity index (χ2n) is 20.7. The average Bonchev–Trinajstić information content (AvgIpc) is 3.24. The molecule has 0 aliphatic heterocycles. The molecule has 0 unspecified atom stereocenters. The fourth-order valence-corrected chi connectivity index (χ4v) is 16.3. The Hall–Kier alpha value is -4.17. The summed E-state index contributed by atoms with van der Waals surface area (Å²) in [7, 11) is -7.90. The van der Waals surface area contributed by atoms with Crippen LogP contribution in [0.15, 0.2) is 81.4 Å². The Morgan fingerprint density at radius 2 is 0.929 bits per heavy atom. The van der Waals surface area contributed by atoms with E-state index in [1.807, 2.05) is 30.3 Å². The van der Waals surface area contributed by atoms with Crippen molar-refractivity contribution in [1.82, 2.24) is 0 Å². The molecule has 0 saturated heterocycles. The Balaban J connectivity index is 0.000000333. The van der Waals surface area contributed by atoms with E-state index in [1.165, 1.54) is 81.9 Å². The van der Waals surface area contributed by atoms with Crippen LogP contribution in [0.2, 0.25) is 0 Å². The van der Waals surface area contributed by atoms with Gasteiger partial charge < -0.3 is 23.5 Å². The molecule has 0 aromatic heterocycles. The highest BCUT2D eigenvalue weighted by molar-refractivity contribution is 7.97. The van der Waals surface area contributed by atoms with Crippen LogP contribution in [0.25, 0.3) is 0 Å². The first-order valence-corrected chi connectivity index (χ1v) is 26.1. The molecule has 8 saturated carbocycles. The number of rotatable bonds is 16. The normalized spacial score (nSPS) is 28.4. The van der Waals surface area contributed by atoms with Gasteiger partial charge in [-0.3, -0.25) is 9.59 Å². The van der Waals surface area contributed by atoms with E-state index in [-0.39, 0.29) is 36.4 Å². The van der Waals surface area contributed by atoms with E-state index in [0.717, 1.165) is 67.9 Å². The highest BCUT2D eigenvalue weighted by Crippen LogP contribution is 2.63. The monoisotopic (exact) mass is 1030 g/mol. The molecule has 0 atom stereocenters. The molecule has 8 fully saturated rings. The molecular formula is C50H55F9O9S2. The molecule has 0 radical (unpaired) electrons. The van der Waals surface area contributed by atoms with Crippen LogP contribution in [-0.2, 0) is 40.1 Å². The second kappa shape index (κ2) is 19.4. The van der Waals surface area contributed by atoms with E-state index >= 15 is 0 Å². The lowest BCUT2D eigenvalue weighted by Crippen LogP contribution is -2.63. The number of alkyl halides is 9. The molecule has 384 valence electrons. The summed E-state index contributed by atoms with van der Waals surface area (Å²) in [6.07, 6.45) is 9.23. The van der Waals surface area contributed by atoms with Crippen LogP contribution in [-0.4, -0.2) is 61.8 Å². The van der Waals surface area contributed by atoms with Gasteiger partial charge in [0.2, 0.25) is 13.6 Å². The molecule has 3 aromatic carbocycles. The van der Waals surface area contributed by atoms with Gasteiger partial charge in [0.15, 0.2) is 24.8 Å². The van der Waals surface area contributed by atoms with Gasteiger partial charge in [0, 0.05) is 11.1 Å². The number of ether oxygens (including phenoxy) is 4. The largest absolute Gasteiger partial charge is 0.743 e. The molecule has 8 aliphatic carbocycles. The first kappa shape index (κ1) is 52.2. The molecule has 0 heterocycles. The van der Waals surface area contributed by atoms with Crippen LogP contribution in [0.1, 0.15) is 101 Å². The second-order valence-corrected chi connectivity index (χ2v) is 24.1. The van der Waals surface area contributed by atoms with Crippen molar-refractivity contribution in [2.24, 2.45) is 46.3 Å². The molecule has 0 N–H and O–H groups in total. The van der Waals surface area contributed by atoms with Crippen molar-refractivity contribution < 1.29 is 81.0 Å². The Morgan fingerprint density at radius 1 is 0.571 bits per heavy atom. The van der Waals surface area contributed by atoms with Crippen LogP contribution in [0.4, 0.5) is 39.5 Å². The molecule has 0 spiro atoms. The minimum Gasteiger partial charge on any atom is -0.743 e. The van der Waals surface area contributed by atoms with Gasteiger partial charge in [-0.2, -0.15) is 39.5 Å². The van der Waals surface area contributed by atoms with Crippen molar-refractivity contribution in [2.45, 2.75) is 142 Å². The van der Waals surface area contributed by atoms with Crippen LogP contribution in [0, 0.1) is 60.2 Å². The van der Waals surface area contributed by atoms with Crippen molar-refractivity contribution in [3.8, 4) is 11.5 Å². The minimum atomic E-state index is -7.43. The highest BCUT2D eigenvalue weighted by atomic mass is 32.2. The summed E-state index contributed by atoms with van der Waals surface area (Å²) < 4.78 is 159. The van der Waals surface area contributed by atoms with Crippen LogP contribution in [0.5, 0.6) is 11.5 Å². The Labute approximate surface area is 403 Å². The van der Waals surface area contributed by atoms with Gasteiger partial charge in [0.25, 0.3) is 0 Å². The van der Waals surface area contributed by atoms with Crippen molar-refractivity contribution in [2.75, 3.05) is 13.6 Å². The molecule has 3 aromatic rings. The Bertz CT molecular complexity index is 2330. The zero-order valence-electron chi connectivity index (χ0n) is 38.5. The summed E-state index contributed by atoms with van der Waals surface area (Å²) in [6.45, 7) is 4.00. The third kappa shape index (κ3) is 10.4. The molecule has 9 nitrogen and oxygen atoms in total. The lowest BCUT2D eigenvalue weighted by atomic mass is 9.49. The summed E-state index contributed by atoms with van der Waals surface area (Å²) in [4.78, 5) is 29.7. The lowest BCUT2D eigenvalue weighted by molar-refractivity contribution is -0.382. The minimum absolute atomic E-state index is 0.0848. The number of esters is 2. The predicted octanol–water partition coefficient (Wildman–Crippen LogP) is 12.3. The summed E-state index contributed by atoms with van der Waals surface area (Å²) in [5.41, 5.74) is 2.33. The first-order chi connectivity index (χ1) is 32.7. The number of benzene rings is 3. The van der Waals surface area contributed by atoms with Gasteiger partial charge >= 0.3 is 35.2 Å². The van der Waals surface area contributed by atoms with E-state index in [9.17, 15) is 62.1 Å². The Kier molecular flexibility index (Phi) is 14.4. The fraction of sp³-hybridized carbons (Fsp3) is 0.600. The van der Waals surface area contributed by atoms with Crippen LogP contribution in [0.3, 0.4) is 0 Å². The number of halogens is 9. The highest BCUT2D eigenvalue weighted by Gasteiger charge is 2.83. The SMILES string of the molecule is Cc1c(OCOC(=O)CC23CC4CC(CC(C4)C2)C3)cccc1[S+](c1ccccc1)c1cccc(OCOC(=O)CC23CC4CC(CC(C4)C2)C3)c1C.O=S(=O)([O-])C(F)(F)C(F)(F)C(F)(F)C(F)(F)F. The molecule has 20 heteroatoms. The van der Waals surface area contributed by atoms with Gasteiger partial charge in [0.1, 0.15) is 22.4 Å². The summed E-state index contributed by atoms with van der Waals surface area (Å²) in [5.74, 6) is -8.79. The molecule has 0 amide bonds. The maximum absolute atomic E-state index is 13.1. The fourth-order valence-electron chi connectivity index (χ4n) is 13.4. The molecule has 8 aliphatic rings. The third-order valence-electron chi connectivity index (χ3n) is 15.6. The zero-order valence-corrected chi connectivity index (χ0v) is 40.2. The van der Waals surface area contributed by atoms with E-state index in [4.69, 9.17) is 18.9 Å². The van der Waals surface area contributed by atoms with E-state index < -0.39 is 44.3 Å². The molecular weight excluding hydrogens is 980 g/mol. The smallest absolute Gasteiger partial charge is 0.460 e. The van der Waals surface area contributed by atoms with Gasteiger partial charge in [0.05, 0.1) is 12.8 Å². The maximum Gasteiger partial charge on any atom is 0.460 e. The lowest BCUT2D eigenvalue weighted by Gasteiger charge is -2.56. The van der Waals surface area contributed by atoms with E-state index in [2.05, 4.69) is 50.2 Å². The third-order valence-corrected chi connectivity index (χ3v) is 18.9. The topological polar surface area (TPSA) is 128 Å². The quantitative estimate of drug-likeness (QED) is 0.0453. The number of hydrogen-bond donors (Lipinski definition) is 0. The van der Waals surface area contributed by atoms with Crippen molar-refractivity contribution >= 4 is 33.0 Å². The predicted molar refractivity (Wildman–Crippen MR) is 235 cm³/mol. The molecule has 70 heavy (non-hydrogen) atoms. The number of carbonyl (C=O) groups is 2.